The molecule has 1 heterocycles. The summed E-state index contributed by atoms with van der Waals surface area (Å²) in [4.78, 5) is 13.8. The average molecular weight is 389 g/mol. The van der Waals surface area contributed by atoms with Crippen LogP contribution in [0.5, 0.6) is 0 Å². The molecule has 0 spiro atoms. The van der Waals surface area contributed by atoms with Gasteiger partial charge in [-0.15, -0.1) is 11.3 Å². The molecule has 0 aliphatic heterocycles. The van der Waals surface area contributed by atoms with E-state index in [0.29, 0.717) is 11.5 Å². The normalized spacial score (nSPS) is 11.2. The monoisotopic (exact) mass is 388 g/mol. The highest BCUT2D eigenvalue weighted by atomic mass is 32.1. The van der Waals surface area contributed by atoms with Crippen LogP contribution in [0.2, 0.25) is 0 Å². The van der Waals surface area contributed by atoms with Gasteiger partial charge in [0, 0.05) is 4.88 Å². The van der Waals surface area contributed by atoms with Crippen molar-refractivity contribution < 1.29 is 9.53 Å². The zero-order valence-corrected chi connectivity index (χ0v) is 17.4. The van der Waals surface area contributed by atoms with E-state index in [0.717, 1.165) is 23.3 Å². The molecule has 3 aromatic carbocycles. The Morgan fingerprint density at radius 1 is 0.821 bits per heavy atom. The van der Waals surface area contributed by atoms with Crippen LogP contribution in [0.4, 0.5) is 0 Å². The molecule has 3 heteroatoms. The molecule has 0 saturated carbocycles. The summed E-state index contributed by atoms with van der Waals surface area (Å²) in [7, 11) is 0. The van der Waals surface area contributed by atoms with Gasteiger partial charge < -0.3 is 4.74 Å². The Hall–Kier alpha value is -2.65. The number of ether oxygens (including phenoxy) is 1. The average Bonchev–Trinajstić information content (AvgIpc) is 3.22. The lowest BCUT2D eigenvalue weighted by molar-refractivity contribution is 0.0532. The lowest BCUT2D eigenvalue weighted by Crippen LogP contribution is -2.01. The largest absolute Gasteiger partial charge is 0.462 e. The first-order valence-electron chi connectivity index (χ1n) is 9.91. The van der Waals surface area contributed by atoms with Gasteiger partial charge in [-0.25, -0.2) is 4.79 Å². The summed E-state index contributed by atoms with van der Waals surface area (Å²) in [5.74, 6) is -0.243. The number of carbonyl (C=O) groups is 1. The van der Waals surface area contributed by atoms with Crippen molar-refractivity contribution in [3.8, 4) is 10.4 Å². The van der Waals surface area contributed by atoms with Crippen LogP contribution >= 0.6 is 11.3 Å². The molecule has 0 atom stereocenters. The number of esters is 1. The molecule has 28 heavy (non-hydrogen) atoms. The number of benzene rings is 3. The molecule has 0 N–H and O–H groups in total. The van der Waals surface area contributed by atoms with Gasteiger partial charge in [-0.3, -0.25) is 0 Å². The van der Waals surface area contributed by atoms with Crippen molar-refractivity contribution in [3.63, 3.8) is 0 Å². The summed E-state index contributed by atoms with van der Waals surface area (Å²) >= 11 is 1.50. The predicted octanol–water partition coefficient (Wildman–Crippen LogP) is 7.02. The number of aryl methyl sites for hydroxylation is 2. The summed E-state index contributed by atoms with van der Waals surface area (Å²) in [5, 5.41) is 5.37. The maximum absolute atomic E-state index is 12.0. The minimum absolute atomic E-state index is 0.243. The van der Waals surface area contributed by atoms with Crippen LogP contribution in [0, 0.1) is 0 Å². The van der Waals surface area contributed by atoms with Gasteiger partial charge >= 0.3 is 5.97 Å². The van der Waals surface area contributed by atoms with Crippen molar-refractivity contribution in [2.75, 3.05) is 6.61 Å². The van der Waals surface area contributed by atoms with Crippen LogP contribution in [0.3, 0.4) is 0 Å². The first-order valence-corrected chi connectivity index (χ1v) is 10.7. The predicted molar refractivity (Wildman–Crippen MR) is 119 cm³/mol. The van der Waals surface area contributed by atoms with E-state index in [2.05, 4.69) is 56.3 Å². The maximum atomic E-state index is 12.0. The second-order valence-electron chi connectivity index (χ2n) is 6.85. The third kappa shape index (κ3) is 3.10. The van der Waals surface area contributed by atoms with Gasteiger partial charge in [0.15, 0.2) is 0 Å². The lowest BCUT2D eigenvalue weighted by Gasteiger charge is -2.16. The number of hydrogen-bond acceptors (Lipinski definition) is 3. The van der Waals surface area contributed by atoms with E-state index in [1.165, 1.54) is 44.0 Å². The molecule has 0 bridgehead atoms. The maximum Gasteiger partial charge on any atom is 0.348 e. The van der Waals surface area contributed by atoms with E-state index in [-0.39, 0.29) is 5.97 Å². The molecule has 0 aliphatic carbocycles. The minimum atomic E-state index is -0.243. The second kappa shape index (κ2) is 7.76. The quantitative estimate of drug-likeness (QED) is 0.271. The molecule has 0 aliphatic rings. The highest BCUT2D eigenvalue weighted by Crippen LogP contribution is 2.37. The second-order valence-corrected chi connectivity index (χ2v) is 7.94. The molecule has 0 radical (unpaired) electrons. The van der Waals surface area contributed by atoms with Gasteiger partial charge in [-0.1, -0.05) is 50.2 Å². The fourth-order valence-corrected chi connectivity index (χ4v) is 4.97. The van der Waals surface area contributed by atoms with Gasteiger partial charge in [-0.05, 0) is 76.2 Å². The Morgan fingerprint density at radius 2 is 1.46 bits per heavy atom. The van der Waals surface area contributed by atoms with Gasteiger partial charge in [0.1, 0.15) is 4.88 Å². The van der Waals surface area contributed by atoms with Gasteiger partial charge in [0.2, 0.25) is 0 Å². The first kappa shape index (κ1) is 18.7. The lowest BCUT2D eigenvalue weighted by atomic mass is 9.88. The molecule has 0 saturated heterocycles. The standard InChI is InChI=1S/C25H24O2S/c1-4-17-19-9-7-8-10-20(19)18(5-2)22-15-16(11-12-21(17)22)23-13-14-24(28-23)25(26)27-6-3/h7-15H,4-6H2,1-3H3. The van der Waals surface area contributed by atoms with Crippen LogP contribution in [0.15, 0.2) is 54.6 Å². The minimum Gasteiger partial charge on any atom is -0.462 e. The SMILES string of the molecule is CCOC(=O)c1ccc(-c2ccc3c(CC)c4ccccc4c(CC)c3c2)s1. The van der Waals surface area contributed by atoms with E-state index in [1.807, 2.05) is 19.1 Å². The van der Waals surface area contributed by atoms with Gasteiger partial charge in [0.25, 0.3) is 0 Å². The van der Waals surface area contributed by atoms with E-state index in [4.69, 9.17) is 4.74 Å². The summed E-state index contributed by atoms with van der Waals surface area (Å²) in [5.41, 5.74) is 3.96. The van der Waals surface area contributed by atoms with Crippen LogP contribution in [0.1, 0.15) is 41.6 Å². The molecular weight excluding hydrogens is 364 g/mol. The van der Waals surface area contributed by atoms with E-state index in [1.54, 1.807) is 0 Å². The number of hydrogen-bond donors (Lipinski definition) is 0. The highest BCUT2D eigenvalue weighted by molar-refractivity contribution is 7.17. The Labute approximate surface area is 169 Å². The topological polar surface area (TPSA) is 26.3 Å². The summed E-state index contributed by atoms with van der Waals surface area (Å²) in [6.45, 7) is 6.68. The molecule has 0 fully saturated rings. The molecule has 0 amide bonds. The number of carbonyl (C=O) groups excluding carboxylic acids is 1. The van der Waals surface area contributed by atoms with Crippen molar-refractivity contribution in [2.45, 2.75) is 33.6 Å². The molecule has 2 nitrogen and oxygen atoms in total. The highest BCUT2D eigenvalue weighted by Gasteiger charge is 2.15. The van der Waals surface area contributed by atoms with Crippen molar-refractivity contribution >= 4 is 38.9 Å². The number of thiophene rings is 1. The van der Waals surface area contributed by atoms with Crippen LogP contribution in [0.25, 0.3) is 32.0 Å². The zero-order valence-electron chi connectivity index (χ0n) is 16.5. The van der Waals surface area contributed by atoms with Crippen molar-refractivity contribution in [1.29, 1.82) is 0 Å². The fourth-order valence-electron chi connectivity index (χ4n) is 4.08. The third-order valence-electron chi connectivity index (χ3n) is 5.32. The number of fused-ring (bicyclic) bond motifs is 2. The van der Waals surface area contributed by atoms with Crippen molar-refractivity contribution in [2.24, 2.45) is 0 Å². The summed E-state index contributed by atoms with van der Waals surface area (Å²) < 4.78 is 5.13. The van der Waals surface area contributed by atoms with Gasteiger partial charge in [0.05, 0.1) is 6.61 Å². The molecule has 4 rings (SSSR count). The van der Waals surface area contributed by atoms with Crippen LogP contribution in [-0.4, -0.2) is 12.6 Å². The Balaban J connectivity index is 1.92. The molecule has 142 valence electrons. The Bertz CT molecular complexity index is 1170. The third-order valence-corrected chi connectivity index (χ3v) is 6.44. The summed E-state index contributed by atoms with van der Waals surface area (Å²) in [6.07, 6.45) is 2.00. The number of rotatable bonds is 5. The van der Waals surface area contributed by atoms with E-state index < -0.39 is 0 Å². The van der Waals surface area contributed by atoms with Gasteiger partial charge in [-0.2, -0.15) is 0 Å². The molecule has 4 aromatic rings. The first-order chi connectivity index (χ1) is 13.7. The Morgan fingerprint density at radius 3 is 2.11 bits per heavy atom. The zero-order chi connectivity index (χ0) is 19.7. The van der Waals surface area contributed by atoms with E-state index >= 15 is 0 Å². The van der Waals surface area contributed by atoms with Crippen molar-refractivity contribution in [3.05, 3.63) is 70.6 Å². The molecule has 1 aromatic heterocycles. The van der Waals surface area contributed by atoms with Crippen LogP contribution in [-0.2, 0) is 17.6 Å². The summed E-state index contributed by atoms with van der Waals surface area (Å²) in [6, 6.07) is 19.3. The smallest absolute Gasteiger partial charge is 0.348 e. The van der Waals surface area contributed by atoms with Crippen molar-refractivity contribution in [1.82, 2.24) is 0 Å². The molecule has 0 unspecified atom stereocenters. The molecular formula is C25H24O2S. The fraction of sp³-hybridized carbons (Fsp3) is 0.240. The van der Waals surface area contributed by atoms with Crippen LogP contribution < -0.4 is 0 Å². The Kier molecular flexibility index (Phi) is 5.19. The van der Waals surface area contributed by atoms with E-state index in [9.17, 15) is 4.79 Å².